The second-order valence-electron chi connectivity index (χ2n) is 14.7. The van der Waals surface area contributed by atoms with Gasteiger partial charge in [0.25, 0.3) is 5.91 Å². The van der Waals surface area contributed by atoms with Crippen molar-refractivity contribution >= 4 is 50.6 Å². The minimum atomic E-state index is -4.42. The maximum Gasteiger partial charge on any atom is 0.393 e. The molecule has 3 aliphatic rings. The van der Waals surface area contributed by atoms with Crippen molar-refractivity contribution in [2.75, 3.05) is 70.9 Å². The van der Waals surface area contributed by atoms with E-state index in [1.165, 1.54) is 37.7 Å². The second kappa shape index (κ2) is 18.1. The lowest BCUT2D eigenvalue weighted by Crippen LogP contribution is -2.68. The van der Waals surface area contributed by atoms with E-state index in [-0.39, 0.29) is 55.5 Å². The number of methoxy groups -OCH3 is 2. The van der Waals surface area contributed by atoms with Crippen molar-refractivity contribution in [3.8, 4) is 17.6 Å². The highest BCUT2D eigenvalue weighted by molar-refractivity contribution is 7.20. The highest BCUT2D eigenvalue weighted by Crippen LogP contribution is 2.43. The number of fused-ring (bicyclic) bond motifs is 1. The van der Waals surface area contributed by atoms with Crippen LogP contribution < -0.4 is 26.4 Å². The molecule has 1 aromatic heterocycles. The molecule has 3 heterocycles. The van der Waals surface area contributed by atoms with Crippen LogP contribution in [-0.4, -0.2) is 107 Å². The number of thiophene rings is 1. The Balaban J connectivity index is 1.14. The van der Waals surface area contributed by atoms with Crippen LogP contribution in [0.15, 0.2) is 36.4 Å². The zero-order valence-corrected chi connectivity index (χ0v) is 32.3. The van der Waals surface area contributed by atoms with E-state index in [0.717, 1.165) is 62.4 Å². The summed E-state index contributed by atoms with van der Waals surface area (Å²) in [6.07, 6.45) is -1.54. The standard InChI is InChI=1S/C40H48F3N5O7S/c1-52-17-18-55-33-19-25(37(50)47-32(38(51)53-2)14-15-35(44)49)8-13-30(33)45-16-4-7-34-29(20-40(41,42)43)28-5-3-6-31(36(28)56-34)46-26-9-11-27(12-10-26)48-21-39(22-48)23-54-24-39/h3,5-6,8,13,19,26-27,32,45-46H,9-12,14-18,20-24H2,1-2H3,(H2,44,49)(H,47,50). The van der Waals surface area contributed by atoms with Crippen molar-refractivity contribution in [2.24, 2.45) is 11.1 Å². The van der Waals surface area contributed by atoms with Gasteiger partial charge in [-0.15, -0.1) is 11.3 Å². The molecule has 12 nitrogen and oxygen atoms in total. The van der Waals surface area contributed by atoms with E-state index in [1.807, 2.05) is 6.07 Å². The lowest BCUT2D eigenvalue weighted by atomic mass is 9.75. The number of nitrogens with two attached hydrogens (primary N) is 1. The van der Waals surface area contributed by atoms with Crippen molar-refractivity contribution < 1.29 is 46.5 Å². The summed E-state index contributed by atoms with van der Waals surface area (Å²) in [5, 5.41) is 9.91. The Morgan fingerprint density at radius 3 is 2.50 bits per heavy atom. The summed E-state index contributed by atoms with van der Waals surface area (Å²) in [5.41, 5.74) is 7.22. The van der Waals surface area contributed by atoms with E-state index >= 15 is 0 Å². The predicted molar refractivity (Wildman–Crippen MR) is 207 cm³/mol. The number of carbonyl (C=O) groups excluding carboxylic acids is 3. The first-order chi connectivity index (χ1) is 26.9. The quantitative estimate of drug-likeness (QED) is 0.0877. The fourth-order valence-corrected chi connectivity index (χ4v) is 8.73. The summed E-state index contributed by atoms with van der Waals surface area (Å²) in [7, 11) is 2.68. The first kappa shape index (κ1) is 41.1. The molecule has 302 valence electrons. The molecule has 3 fully saturated rings. The van der Waals surface area contributed by atoms with Gasteiger partial charge in [0.15, 0.2) is 0 Å². The molecule has 0 radical (unpaired) electrons. The number of hydrogen-bond donors (Lipinski definition) is 4. The van der Waals surface area contributed by atoms with Gasteiger partial charge in [0.05, 0.1) is 60.8 Å². The van der Waals surface area contributed by atoms with Gasteiger partial charge in [-0.1, -0.05) is 24.0 Å². The van der Waals surface area contributed by atoms with Crippen molar-refractivity contribution in [2.45, 2.75) is 69.2 Å². The number of amides is 2. The number of nitrogens with one attached hydrogen (secondary N) is 3. The van der Waals surface area contributed by atoms with Crippen molar-refractivity contribution in [3.05, 3.63) is 52.4 Å². The monoisotopic (exact) mass is 799 g/mol. The fraction of sp³-hybridized carbons (Fsp3) is 0.525. The molecular weight excluding hydrogens is 752 g/mol. The minimum Gasteiger partial charge on any atom is -0.489 e. The van der Waals surface area contributed by atoms with Crippen molar-refractivity contribution in [1.82, 2.24) is 10.2 Å². The molecule has 2 aliphatic heterocycles. The summed E-state index contributed by atoms with van der Waals surface area (Å²) in [4.78, 5) is 39.5. The van der Waals surface area contributed by atoms with Crippen LogP contribution >= 0.6 is 11.3 Å². The maximum absolute atomic E-state index is 13.9. The van der Waals surface area contributed by atoms with Gasteiger partial charge in [-0.3, -0.25) is 14.5 Å². The third kappa shape index (κ3) is 10.2. The van der Waals surface area contributed by atoms with Gasteiger partial charge in [-0.05, 0) is 67.3 Å². The van der Waals surface area contributed by atoms with E-state index in [4.69, 9.17) is 24.7 Å². The van der Waals surface area contributed by atoms with Crippen LogP contribution in [0.2, 0.25) is 0 Å². The molecule has 5 N–H and O–H groups in total. The van der Waals surface area contributed by atoms with Crippen molar-refractivity contribution in [1.29, 1.82) is 0 Å². The van der Waals surface area contributed by atoms with E-state index in [9.17, 15) is 27.6 Å². The molecule has 56 heavy (non-hydrogen) atoms. The number of hydrogen-bond acceptors (Lipinski definition) is 11. The normalized spacial score (nSPS) is 19.5. The first-order valence-electron chi connectivity index (χ1n) is 18.7. The molecule has 2 amide bonds. The predicted octanol–water partition coefficient (Wildman–Crippen LogP) is 5.09. The van der Waals surface area contributed by atoms with Crippen LogP contribution in [-0.2, 0) is 30.2 Å². The molecule has 0 bridgehead atoms. The number of nitrogens with zero attached hydrogens (tertiary/aromatic N) is 1. The number of benzene rings is 2. The Kier molecular flexibility index (Phi) is 13.3. The van der Waals surface area contributed by atoms with Gasteiger partial charge >= 0.3 is 12.1 Å². The zero-order valence-electron chi connectivity index (χ0n) is 31.5. The highest BCUT2D eigenvalue weighted by Gasteiger charge is 2.50. The molecule has 2 aromatic carbocycles. The number of halogens is 3. The summed E-state index contributed by atoms with van der Waals surface area (Å²) in [6, 6.07) is 9.75. The Bertz CT molecular complexity index is 1940. The summed E-state index contributed by atoms with van der Waals surface area (Å²) in [5.74, 6) is 4.29. The van der Waals surface area contributed by atoms with Gasteiger partial charge in [0.2, 0.25) is 5.91 Å². The van der Waals surface area contributed by atoms with Gasteiger partial charge in [-0.25, -0.2) is 4.79 Å². The van der Waals surface area contributed by atoms with Crippen LogP contribution in [0.3, 0.4) is 0 Å². The Morgan fingerprint density at radius 2 is 1.84 bits per heavy atom. The van der Waals surface area contributed by atoms with Crippen molar-refractivity contribution in [3.63, 3.8) is 0 Å². The van der Waals surface area contributed by atoms with E-state index in [2.05, 4.69) is 32.7 Å². The molecule has 1 atom stereocenters. The Morgan fingerprint density at radius 1 is 1.07 bits per heavy atom. The minimum absolute atomic E-state index is 0.0388. The Hall–Kier alpha value is -4.56. The SMILES string of the molecule is COCCOc1cc(C(=O)NC(CCC(N)=O)C(=O)OC)ccc1NCC#Cc1sc2c(NC3CCC(N4CC5(COC5)C4)CC3)cccc2c1CC(F)(F)F. The molecule has 1 aliphatic carbocycles. The molecular formula is C40H48F3N5O7S. The van der Waals surface area contributed by atoms with Gasteiger partial charge in [0.1, 0.15) is 18.4 Å². The van der Waals surface area contributed by atoms with E-state index in [1.54, 1.807) is 18.2 Å². The molecule has 6 rings (SSSR count). The van der Waals surface area contributed by atoms with Gasteiger partial charge in [0, 0.05) is 49.7 Å². The molecule has 3 aromatic rings. The van der Waals surface area contributed by atoms with E-state index in [0.29, 0.717) is 27.4 Å². The highest BCUT2D eigenvalue weighted by atomic mass is 32.1. The second-order valence-corrected chi connectivity index (χ2v) is 15.7. The number of alkyl halides is 3. The molecule has 2 saturated heterocycles. The summed E-state index contributed by atoms with van der Waals surface area (Å²) >= 11 is 1.26. The molecule has 16 heteroatoms. The average Bonchev–Trinajstić information content (AvgIpc) is 3.47. The summed E-state index contributed by atoms with van der Waals surface area (Å²) in [6.45, 7) is 4.44. The largest absolute Gasteiger partial charge is 0.489 e. The van der Waals surface area contributed by atoms with Gasteiger partial charge in [-0.2, -0.15) is 13.2 Å². The third-order valence-electron chi connectivity index (χ3n) is 10.5. The first-order valence-corrected chi connectivity index (χ1v) is 19.5. The smallest absolute Gasteiger partial charge is 0.393 e. The fourth-order valence-electron chi connectivity index (χ4n) is 7.56. The number of carbonyl (C=O) groups is 3. The van der Waals surface area contributed by atoms with Crippen LogP contribution in [0.25, 0.3) is 10.1 Å². The molecule has 1 unspecified atom stereocenters. The maximum atomic E-state index is 13.9. The van der Waals surface area contributed by atoms with Crippen LogP contribution in [0.1, 0.15) is 59.3 Å². The van der Waals surface area contributed by atoms with Crippen LogP contribution in [0, 0.1) is 17.3 Å². The number of esters is 1. The topological polar surface area (TPSA) is 153 Å². The Labute approximate surface area is 327 Å². The number of likely N-dealkylation sites (tertiary alicyclic amines) is 1. The molecule has 1 spiro atoms. The number of rotatable bonds is 16. The molecule has 1 saturated carbocycles. The van der Waals surface area contributed by atoms with Crippen LogP contribution in [0.5, 0.6) is 5.75 Å². The lowest BCUT2D eigenvalue weighted by Gasteiger charge is -2.58. The average molecular weight is 800 g/mol. The number of primary amides is 1. The van der Waals surface area contributed by atoms with E-state index < -0.39 is 36.4 Å². The lowest BCUT2D eigenvalue weighted by molar-refractivity contribution is -0.200. The zero-order chi connectivity index (χ0) is 39.9. The number of anilines is 2. The van der Waals surface area contributed by atoms with Gasteiger partial charge < -0.3 is 40.6 Å². The number of ether oxygens (including phenoxy) is 4. The van der Waals surface area contributed by atoms with Crippen LogP contribution in [0.4, 0.5) is 24.5 Å². The summed E-state index contributed by atoms with van der Waals surface area (Å²) < 4.78 is 63.6. The third-order valence-corrected chi connectivity index (χ3v) is 11.7.